The minimum absolute atomic E-state index is 0.158. The summed E-state index contributed by atoms with van der Waals surface area (Å²) >= 11 is 0. The molecule has 42 heavy (non-hydrogen) atoms. The molecule has 0 unspecified atom stereocenters. The summed E-state index contributed by atoms with van der Waals surface area (Å²) in [5.74, 6) is 1.07. The highest BCUT2D eigenvalue weighted by Gasteiger charge is 2.43. The zero-order valence-electron chi connectivity index (χ0n) is 25.6. The second-order valence-corrected chi connectivity index (χ2v) is 11.7. The molecule has 0 spiro atoms. The van der Waals surface area contributed by atoms with Crippen LogP contribution in [0.1, 0.15) is 66.3 Å². The van der Waals surface area contributed by atoms with E-state index in [1.807, 2.05) is 6.07 Å². The van der Waals surface area contributed by atoms with Gasteiger partial charge in [0.2, 0.25) is 17.7 Å². The van der Waals surface area contributed by atoms with Crippen molar-refractivity contribution in [1.82, 2.24) is 14.9 Å². The van der Waals surface area contributed by atoms with Crippen molar-refractivity contribution in [3.8, 4) is 11.8 Å². The number of carbonyl (C=O) groups is 1. The van der Waals surface area contributed by atoms with Gasteiger partial charge in [-0.1, -0.05) is 12.1 Å². The molecular formula is C31H41N5O6. The molecule has 1 fully saturated rings. The monoisotopic (exact) mass is 579 g/mol. The number of rotatable bonds is 10. The van der Waals surface area contributed by atoms with Crippen LogP contribution in [-0.2, 0) is 27.1 Å². The molecule has 0 radical (unpaired) electrons. The Hall–Kier alpha value is -3.67. The number of furan rings is 1. The van der Waals surface area contributed by atoms with Crippen LogP contribution < -0.4 is 20.1 Å². The molecule has 1 saturated heterocycles. The third-order valence-corrected chi connectivity index (χ3v) is 7.82. The van der Waals surface area contributed by atoms with Gasteiger partial charge in [0.05, 0.1) is 38.6 Å². The second-order valence-electron chi connectivity index (χ2n) is 11.7. The zero-order valence-corrected chi connectivity index (χ0v) is 25.6. The van der Waals surface area contributed by atoms with Gasteiger partial charge < -0.3 is 34.0 Å². The number of fused-ring (bicyclic) bond motifs is 1. The molecular weight excluding hydrogens is 538 g/mol. The third-order valence-electron chi connectivity index (χ3n) is 7.82. The van der Waals surface area contributed by atoms with Crippen molar-refractivity contribution < 1.29 is 28.2 Å². The summed E-state index contributed by atoms with van der Waals surface area (Å²) < 4.78 is 28.7. The molecule has 0 atom stereocenters. The molecule has 2 aliphatic heterocycles. The second kappa shape index (κ2) is 11.9. The number of anilines is 2. The molecule has 1 aromatic carbocycles. The van der Waals surface area contributed by atoms with Gasteiger partial charge in [0.1, 0.15) is 5.76 Å². The lowest BCUT2D eigenvalue weighted by molar-refractivity contribution is -0.105. The largest absolute Gasteiger partial charge is 0.479 e. The number of aryl methyl sites for hydroxylation is 1. The lowest BCUT2D eigenvalue weighted by Gasteiger charge is -2.26. The summed E-state index contributed by atoms with van der Waals surface area (Å²) in [6.07, 6.45) is 0.545. The Morgan fingerprint density at radius 3 is 2.29 bits per heavy atom. The van der Waals surface area contributed by atoms with E-state index in [-0.39, 0.29) is 34.4 Å². The number of morpholine rings is 1. The van der Waals surface area contributed by atoms with Gasteiger partial charge in [0.15, 0.2) is 11.4 Å². The van der Waals surface area contributed by atoms with E-state index < -0.39 is 5.91 Å². The van der Waals surface area contributed by atoms with E-state index in [1.165, 1.54) is 25.3 Å². The molecule has 0 saturated carbocycles. The first-order chi connectivity index (χ1) is 20.0. The Balaban J connectivity index is 1.28. The van der Waals surface area contributed by atoms with Gasteiger partial charge in [-0.3, -0.25) is 9.69 Å². The average Bonchev–Trinajstić information content (AvgIpc) is 3.49. The average molecular weight is 580 g/mol. The van der Waals surface area contributed by atoms with Crippen LogP contribution in [0.2, 0.25) is 0 Å². The highest BCUT2D eigenvalue weighted by Crippen LogP contribution is 2.47. The Morgan fingerprint density at radius 1 is 1.00 bits per heavy atom. The van der Waals surface area contributed by atoms with E-state index in [9.17, 15) is 4.79 Å². The third kappa shape index (κ3) is 6.23. The number of hydrogen-bond donors (Lipinski definition) is 2. The molecule has 3 aromatic rings. The standard InChI is InChI=1S/C31H41N5O6/c1-19-16-22-23(31(4,5)42-30(22,2)3)18-20(19)17-21-8-9-24(41-21)26(37)33-25-27(38-6)34-29(35-28(25)39-7)32-10-11-36-12-14-40-15-13-36/h8-9,16,18H,10-15,17H2,1-7H3,(H,33,37)(H,32,34,35). The van der Waals surface area contributed by atoms with Crippen molar-refractivity contribution in [1.29, 1.82) is 0 Å². The smallest absolute Gasteiger partial charge is 0.291 e. The summed E-state index contributed by atoms with van der Waals surface area (Å²) in [6.45, 7) is 15.2. The van der Waals surface area contributed by atoms with Gasteiger partial charge in [-0.05, 0) is 69.0 Å². The minimum atomic E-state index is -0.462. The number of benzene rings is 1. The normalized spacial score (nSPS) is 17.5. The maximum atomic E-state index is 13.2. The molecule has 11 nitrogen and oxygen atoms in total. The molecule has 1 amide bonds. The van der Waals surface area contributed by atoms with Gasteiger partial charge in [0.25, 0.3) is 5.91 Å². The van der Waals surface area contributed by atoms with E-state index in [2.05, 4.69) is 72.3 Å². The maximum Gasteiger partial charge on any atom is 0.291 e. The van der Waals surface area contributed by atoms with Gasteiger partial charge >= 0.3 is 0 Å². The van der Waals surface area contributed by atoms with Gasteiger partial charge in [0, 0.05) is 32.6 Å². The fraction of sp³-hybridized carbons (Fsp3) is 0.516. The van der Waals surface area contributed by atoms with Gasteiger partial charge in [-0.15, -0.1) is 0 Å². The van der Waals surface area contributed by atoms with Crippen LogP contribution in [0.3, 0.4) is 0 Å². The molecule has 226 valence electrons. The lowest BCUT2D eigenvalue weighted by atomic mass is 9.86. The summed E-state index contributed by atoms with van der Waals surface area (Å²) in [6, 6.07) is 7.88. The Morgan fingerprint density at radius 2 is 1.64 bits per heavy atom. The molecule has 11 heteroatoms. The summed E-state index contributed by atoms with van der Waals surface area (Å²) in [5.41, 5.74) is 4.15. The Bertz CT molecular complexity index is 1420. The van der Waals surface area contributed by atoms with Crippen LogP contribution in [0, 0.1) is 6.92 Å². The summed E-state index contributed by atoms with van der Waals surface area (Å²) in [7, 11) is 2.96. The number of amides is 1. The van der Waals surface area contributed by atoms with Crippen LogP contribution in [0.25, 0.3) is 0 Å². The van der Waals surface area contributed by atoms with Gasteiger partial charge in [-0.2, -0.15) is 9.97 Å². The molecule has 4 heterocycles. The van der Waals surface area contributed by atoms with Crippen LogP contribution >= 0.6 is 0 Å². The Kier molecular flexibility index (Phi) is 8.45. The molecule has 2 aliphatic rings. The predicted octanol–water partition coefficient (Wildman–Crippen LogP) is 4.48. The van der Waals surface area contributed by atoms with Crippen LogP contribution in [-0.4, -0.2) is 74.4 Å². The van der Waals surface area contributed by atoms with Gasteiger partial charge in [-0.25, -0.2) is 0 Å². The van der Waals surface area contributed by atoms with Crippen LogP contribution in [0.15, 0.2) is 28.7 Å². The summed E-state index contributed by atoms with van der Waals surface area (Å²) in [5, 5.41) is 6.01. The lowest BCUT2D eigenvalue weighted by Crippen LogP contribution is -2.39. The molecule has 2 aromatic heterocycles. The van der Waals surface area contributed by atoms with Crippen molar-refractivity contribution >= 4 is 17.5 Å². The molecule has 0 aliphatic carbocycles. The Labute approximate surface area is 246 Å². The van der Waals surface area contributed by atoms with E-state index in [0.29, 0.717) is 24.7 Å². The van der Waals surface area contributed by atoms with E-state index in [4.69, 9.17) is 23.4 Å². The molecule has 2 N–H and O–H groups in total. The topological polar surface area (TPSA) is 120 Å². The van der Waals surface area contributed by atoms with Crippen molar-refractivity contribution in [2.45, 2.75) is 52.2 Å². The van der Waals surface area contributed by atoms with Crippen molar-refractivity contribution in [2.75, 3.05) is 64.2 Å². The number of hydrogen-bond acceptors (Lipinski definition) is 10. The highest BCUT2D eigenvalue weighted by atomic mass is 16.5. The highest BCUT2D eigenvalue weighted by molar-refractivity contribution is 6.03. The van der Waals surface area contributed by atoms with Crippen molar-refractivity contribution in [2.24, 2.45) is 0 Å². The number of ether oxygens (including phenoxy) is 4. The molecule has 5 rings (SSSR count). The minimum Gasteiger partial charge on any atom is -0.479 e. The maximum absolute atomic E-state index is 13.2. The quantitative estimate of drug-likeness (QED) is 0.356. The zero-order chi connectivity index (χ0) is 30.1. The summed E-state index contributed by atoms with van der Waals surface area (Å²) in [4.78, 5) is 24.4. The van der Waals surface area contributed by atoms with Crippen molar-refractivity contribution in [3.05, 3.63) is 58.0 Å². The fourth-order valence-corrected chi connectivity index (χ4v) is 5.70. The number of methoxy groups -OCH3 is 2. The SMILES string of the molecule is COc1nc(NCCN2CCOCC2)nc(OC)c1NC(=O)c1ccc(Cc2cc3c(cc2C)C(C)(C)OC3(C)C)o1. The number of aromatic nitrogens is 2. The predicted molar refractivity (Wildman–Crippen MR) is 159 cm³/mol. The van der Waals surface area contributed by atoms with E-state index in [1.54, 1.807) is 6.07 Å². The first-order valence-corrected chi connectivity index (χ1v) is 14.3. The van der Waals surface area contributed by atoms with E-state index in [0.717, 1.165) is 44.0 Å². The molecule has 0 bridgehead atoms. The van der Waals surface area contributed by atoms with Crippen LogP contribution in [0.5, 0.6) is 11.8 Å². The first kappa shape index (κ1) is 29.8. The number of nitrogens with zero attached hydrogens (tertiary/aromatic N) is 3. The van der Waals surface area contributed by atoms with E-state index >= 15 is 0 Å². The first-order valence-electron chi connectivity index (χ1n) is 14.3. The van der Waals surface area contributed by atoms with Crippen LogP contribution in [0.4, 0.5) is 11.6 Å². The number of carbonyl (C=O) groups excluding carboxylic acids is 1. The fourth-order valence-electron chi connectivity index (χ4n) is 5.70. The van der Waals surface area contributed by atoms with Crippen molar-refractivity contribution in [3.63, 3.8) is 0 Å². The number of nitrogens with one attached hydrogen (secondary N) is 2.